The highest BCUT2D eigenvalue weighted by atomic mass is 16.1. The van der Waals surface area contributed by atoms with Crippen LogP contribution in [0.3, 0.4) is 0 Å². The number of hydrogen-bond donors (Lipinski definition) is 3. The molecule has 1 atom stereocenters. The summed E-state index contributed by atoms with van der Waals surface area (Å²) in [6, 6.07) is 2.20. The lowest BCUT2D eigenvalue weighted by Gasteiger charge is -2.12. The van der Waals surface area contributed by atoms with Crippen molar-refractivity contribution < 1.29 is 4.79 Å². The summed E-state index contributed by atoms with van der Waals surface area (Å²) < 4.78 is 0. The first-order valence-corrected chi connectivity index (χ1v) is 6.31. The van der Waals surface area contributed by atoms with Gasteiger partial charge in [0.2, 0.25) is 5.91 Å². The van der Waals surface area contributed by atoms with Crippen LogP contribution in [0.15, 0.2) is 18.5 Å². The Morgan fingerprint density at radius 3 is 2.78 bits per heavy atom. The van der Waals surface area contributed by atoms with E-state index >= 15 is 0 Å². The van der Waals surface area contributed by atoms with Crippen LogP contribution in [0.2, 0.25) is 0 Å². The van der Waals surface area contributed by atoms with E-state index in [2.05, 4.69) is 27.9 Å². The summed E-state index contributed by atoms with van der Waals surface area (Å²) in [5.74, 6) is 0.0783. The van der Waals surface area contributed by atoms with E-state index in [1.54, 1.807) is 12.4 Å². The number of carbonyl (C=O) groups is 1. The molecular formula is C13H22N4O. The Morgan fingerprint density at radius 2 is 2.11 bits per heavy atom. The van der Waals surface area contributed by atoms with Crippen LogP contribution in [-0.4, -0.2) is 30.5 Å². The summed E-state index contributed by atoms with van der Waals surface area (Å²) >= 11 is 0. The lowest BCUT2D eigenvalue weighted by atomic mass is 10.2. The fourth-order valence-corrected chi connectivity index (χ4v) is 1.44. The Morgan fingerprint density at radius 1 is 1.39 bits per heavy atom. The zero-order valence-electron chi connectivity index (χ0n) is 11.3. The number of rotatable bonds is 7. The molecule has 1 unspecified atom stereocenters. The van der Waals surface area contributed by atoms with Crippen molar-refractivity contribution in [2.45, 2.75) is 32.7 Å². The SMILES string of the molecule is CCC(C)NC(=O)CCNc1cncc(NC)c1. The van der Waals surface area contributed by atoms with Crippen molar-refractivity contribution >= 4 is 17.3 Å². The van der Waals surface area contributed by atoms with Gasteiger partial charge in [0.05, 0.1) is 23.8 Å². The van der Waals surface area contributed by atoms with Gasteiger partial charge in [0.25, 0.3) is 0 Å². The monoisotopic (exact) mass is 250 g/mol. The van der Waals surface area contributed by atoms with E-state index in [4.69, 9.17) is 0 Å². The highest BCUT2D eigenvalue weighted by Gasteiger charge is 2.04. The molecule has 0 fully saturated rings. The summed E-state index contributed by atoms with van der Waals surface area (Å²) in [7, 11) is 1.85. The highest BCUT2D eigenvalue weighted by Crippen LogP contribution is 2.11. The normalized spacial score (nSPS) is 11.7. The maximum absolute atomic E-state index is 11.5. The highest BCUT2D eigenvalue weighted by molar-refractivity contribution is 5.76. The van der Waals surface area contributed by atoms with Gasteiger partial charge < -0.3 is 16.0 Å². The summed E-state index contributed by atoms with van der Waals surface area (Å²) in [5.41, 5.74) is 1.86. The van der Waals surface area contributed by atoms with Gasteiger partial charge in [0, 0.05) is 26.1 Å². The Labute approximate surface area is 108 Å². The number of pyridine rings is 1. The van der Waals surface area contributed by atoms with Crippen molar-refractivity contribution in [1.82, 2.24) is 10.3 Å². The molecule has 0 aliphatic heterocycles. The van der Waals surface area contributed by atoms with Gasteiger partial charge in [0.1, 0.15) is 0 Å². The van der Waals surface area contributed by atoms with Crippen molar-refractivity contribution in [3.8, 4) is 0 Å². The van der Waals surface area contributed by atoms with Crippen LogP contribution in [0.5, 0.6) is 0 Å². The lowest BCUT2D eigenvalue weighted by molar-refractivity contribution is -0.121. The van der Waals surface area contributed by atoms with Crippen LogP contribution in [0.1, 0.15) is 26.7 Å². The molecule has 0 spiro atoms. The molecule has 1 aromatic heterocycles. The molecule has 1 heterocycles. The van der Waals surface area contributed by atoms with Gasteiger partial charge in [-0.3, -0.25) is 9.78 Å². The fourth-order valence-electron chi connectivity index (χ4n) is 1.44. The van der Waals surface area contributed by atoms with E-state index in [1.165, 1.54) is 0 Å². The third-order valence-corrected chi connectivity index (χ3v) is 2.73. The second-order valence-corrected chi connectivity index (χ2v) is 4.27. The van der Waals surface area contributed by atoms with E-state index in [0.717, 1.165) is 17.8 Å². The van der Waals surface area contributed by atoms with Crippen molar-refractivity contribution in [2.24, 2.45) is 0 Å². The fraction of sp³-hybridized carbons (Fsp3) is 0.538. The maximum Gasteiger partial charge on any atom is 0.221 e. The van der Waals surface area contributed by atoms with Crippen LogP contribution in [0, 0.1) is 0 Å². The molecule has 5 heteroatoms. The first-order chi connectivity index (χ1) is 8.65. The van der Waals surface area contributed by atoms with Crippen LogP contribution in [-0.2, 0) is 4.79 Å². The average molecular weight is 250 g/mol. The number of carbonyl (C=O) groups excluding carboxylic acids is 1. The molecule has 0 saturated heterocycles. The zero-order chi connectivity index (χ0) is 13.4. The molecule has 0 aliphatic carbocycles. The largest absolute Gasteiger partial charge is 0.387 e. The van der Waals surface area contributed by atoms with E-state index < -0.39 is 0 Å². The molecule has 0 saturated carbocycles. The average Bonchev–Trinajstić information content (AvgIpc) is 2.38. The molecule has 100 valence electrons. The van der Waals surface area contributed by atoms with E-state index in [1.807, 2.05) is 20.0 Å². The molecule has 1 aromatic rings. The molecule has 1 amide bonds. The number of amides is 1. The third kappa shape index (κ3) is 5.03. The number of aromatic nitrogens is 1. The predicted molar refractivity (Wildman–Crippen MR) is 74.8 cm³/mol. The van der Waals surface area contributed by atoms with Crippen LogP contribution in [0.25, 0.3) is 0 Å². The minimum atomic E-state index is 0.0783. The summed E-state index contributed by atoms with van der Waals surface area (Å²) in [5, 5.41) is 9.13. The van der Waals surface area contributed by atoms with E-state index in [0.29, 0.717) is 13.0 Å². The minimum Gasteiger partial charge on any atom is -0.387 e. The minimum absolute atomic E-state index is 0.0783. The standard InChI is InChI=1S/C13H22N4O/c1-4-10(2)17-13(18)5-6-16-12-7-11(14-3)8-15-9-12/h7-10,14,16H,4-6H2,1-3H3,(H,17,18). The van der Waals surface area contributed by atoms with Gasteiger partial charge in [-0.1, -0.05) is 6.92 Å². The Hall–Kier alpha value is -1.78. The molecule has 3 N–H and O–H groups in total. The molecule has 0 aromatic carbocycles. The predicted octanol–water partition coefficient (Wildman–Crippen LogP) is 1.84. The quantitative estimate of drug-likeness (QED) is 0.691. The molecule has 0 radical (unpaired) electrons. The van der Waals surface area contributed by atoms with Crippen LogP contribution >= 0.6 is 0 Å². The first kappa shape index (κ1) is 14.3. The van der Waals surface area contributed by atoms with Crippen molar-refractivity contribution in [3.05, 3.63) is 18.5 Å². The van der Waals surface area contributed by atoms with Gasteiger partial charge in [-0.2, -0.15) is 0 Å². The maximum atomic E-state index is 11.5. The Balaban J connectivity index is 2.30. The summed E-state index contributed by atoms with van der Waals surface area (Å²) in [6.45, 7) is 4.67. The lowest BCUT2D eigenvalue weighted by Crippen LogP contribution is -2.32. The van der Waals surface area contributed by atoms with E-state index in [-0.39, 0.29) is 11.9 Å². The summed E-state index contributed by atoms with van der Waals surface area (Å²) in [6.07, 6.45) is 4.91. The topological polar surface area (TPSA) is 66.0 Å². The van der Waals surface area contributed by atoms with Crippen molar-refractivity contribution in [3.63, 3.8) is 0 Å². The van der Waals surface area contributed by atoms with Gasteiger partial charge in [-0.05, 0) is 19.4 Å². The Kier molecular flexibility index (Phi) is 5.97. The third-order valence-electron chi connectivity index (χ3n) is 2.73. The molecule has 1 rings (SSSR count). The molecule has 18 heavy (non-hydrogen) atoms. The van der Waals surface area contributed by atoms with Crippen molar-refractivity contribution in [1.29, 1.82) is 0 Å². The zero-order valence-corrected chi connectivity index (χ0v) is 11.3. The smallest absolute Gasteiger partial charge is 0.221 e. The number of anilines is 2. The number of nitrogens with one attached hydrogen (secondary N) is 3. The first-order valence-electron chi connectivity index (χ1n) is 6.31. The van der Waals surface area contributed by atoms with E-state index in [9.17, 15) is 4.79 Å². The molecule has 5 nitrogen and oxygen atoms in total. The Bertz CT molecular complexity index is 381. The number of hydrogen-bond acceptors (Lipinski definition) is 4. The van der Waals surface area contributed by atoms with Crippen LogP contribution < -0.4 is 16.0 Å². The van der Waals surface area contributed by atoms with Gasteiger partial charge in [0.15, 0.2) is 0 Å². The van der Waals surface area contributed by atoms with Crippen molar-refractivity contribution in [2.75, 3.05) is 24.2 Å². The van der Waals surface area contributed by atoms with Gasteiger partial charge in [-0.25, -0.2) is 0 Å². The molecular weight excluding hydrogens is 228 g/mol. The van der Waals surface area contributed by atoms with Gasteiger partial charge in [-0.15, -0.1) is 0 Å². The molecule has 0 bridgehead atoms. The summed E-state index contributed by atoms with van der Waals surface area (Å²) in [4.78, 5) is 15.6. The van der Waals surface area contributed by atoms with Gasteiger partial charge >= 0.3 is 0 Å². The second kappa shape index (κ2) is 7.53. The number of nitrogens with zero attached hydrogens (tertiary/aromatic N) is 1. The molecule has 0 aliphatic rings. The van der Waals surface area contributed by atoms with Crippen LogP contribution in [0.4, 0.5) is 11.4 Å². The second-order valence-electron chi connectivity index (χ2n) is 4.27.